The highest BCUT2D eigenvalue weighted by Gasteiger charge is 2.30. The minimum absolute atomic E-state index is 0.105. The van der Waals surface area contributed by atoms with Gasteiger partial charge in [-0.25, -0.2) is 9.59 Å². The van der Waals surface area contributed by atoms with Crippen LogP contribution >= 0.6 is 0 Å². The summed E-state index contributed by atoms with van der Waals surface area (Å²) in [6.07, 6.45) is 0.550. The predicted octanol–water partition coefficient (Wildman–Crippen LogP) is 0.812. The number of carbonyl (C=O) groups excluding carboxylic acids is 3. The van der Waals surface area contributed by atoms with E-state index in [1.165, 1.54) is 0 Å². The lowest BCUT2D eigenvalue weighted by Gasteiger charge is -2.15. The lowest BCUT2D eigenvalue weighted by molar-refractivity contribution is -0.159. The Labute approximate surface area is 135 Å². The lowest BCUT2D eigenvalue weighted by atomic mass is 10.1. The van der Waals surface area contributed by atoms with E-state index in [4.69, 9.17) is 15.2 Å². The second kappa shape index (κ2) is 9.45. The lowest BCUT2D eigenvalue weighted by Crippen LogP contribution is -2.48. The van der Waals surface area contributed by atoms with Crippen molar-refractivity contribution in [2.24, 2.45) is 0 Å². The van der Waals surface area contributed by atoms with E-state index in [-0.39, 0.29) is 19.6 Å². The summed E-state index contributed by atoms with van der Waals surface area (Å²) < 4.78 is 9.56. The summed E-state index contributed by atoms with van der Waals surface area (Å²) in [5.41, 5.74) is 7.17. The molecule has 7 nitrogen and oxygen atoms in total. The van der Waals surface area contributed by atoms with Crippen LogP contribution in [-0.4, -0.2) is 37.1 Å². The van der Waals surface area contributed by atoms with E-state index in [2.05, 4.69) is 5.32 Å². The van der Waals surface area contributed by atoms with Gasteiger partial charge in [-0.15, -0.1) is 0 Å². The summed E-state index contributed by atoms with van der Waals surface area (Å²) in [5.74, 6) is -2.11. The number of benzene rings is 1. The third kappa shape index (κ3) is 6.37. The molecule has 0 aliphatic carbocycles. The van der Waals surface area contributed by atoms with Gasteiger partial charge >= 0.3 is 11.9 Å². The molecule has 3 N–H and O–H groups in total. The molecule has 0 radical (unpaired) electrons. The molecule has 1 rings (SSSR count). The first-order chi connectivity index (χ1) is 11.0. The van der Waals surface area contributed by atoms with E-state index in [1.807, 2.05) is 6.07 Å². The fourth-order valence-corrected chi connectivity index (χ4v) is 1.90. The van der Waals surface area contributed by atoms with Crippen LogP contribution in [0.25, 0.3) is 0 Å². The molecule has 1 amide bonds. The largest absolute Gasteiger partial charge is 0.464 e. The van der Waals surface area contributed by atoms with Crippen molar-refractivity contribution in [2.45, 2.75) is 32.7 Å². The number of nitrogens with one attached hydrogen (secondary N) is 1. The number of esters is 2. The van der Waals surface area contributed by atoms with Gasteiger partial charge < -0.3 is 20.5 Å². The molecule has 0 unspecified atom stereocenters. The van der Waals surface area contributed by atoms with Crippen molar-refractivity contribution in [1.82, 2.24) is 5.32 Å². The molecule has 0 aliphatic heterocycles. The van der Waals surface area contributed by atoms with Crippen LogP contribution < -0.4 is 11.1 Å². The van der Waals surface area contributed by atoms with Crippen molar-refractivity contribution < 1.29 is 23.9 Å². The highest BCUT2D eigenvalue weighted by atomic mass is 16.6. The van der Waals surface area contributed by atoms with Crippen molar-refractivity contribution in [2.75, 3.05) is 18.9 Å². The normalized spacial score (nSPS) is 10.2. The van der Waals surface area contributed by atoms with Crippen LogP contribution in [0.1, 0.15) is 25.8 Å². The standard InChI is InChI=1S/C16H22N2O5/c1-3-22-15(20)14(16(21)23-4-2)18-13(19)9-8-11-6-5-7-12(17)10-11/h5-7,10,14H,3-4,8-9,17H2,1-2H3,(H,18,19). The van der Waals surface area contributed by atoms with Crippen LogP contribution in [0.15, 0.2) is 24.3 Å². The van der Waals surface area contributed by atoms with E-state index in [0.717, 1.165) is 5.56 Å². The molecule has 0 bridgehead atoms. The smallest absolute Gasteiger partial charge is 0.340 e. The molecular formula is C16H22N2O5. The summed E-state index contributed by atoms with van der Waals surface area (Å²) in [6, 6.07) is 5.71. The number of aryl methyl sites for hydroxylation is 1. The Morgan fingerprint density at radius 3 is 2.26 bits per heavy atom. The molecule has 1 aromatic rings. The number of amides is 1. The number of hydrogen-bond acceptors (Lipinski definition) is 6. The summed E-state index contributed by atoms with van der Waals surface area (Å²) in [5, 5.41) is 2.35. The molecule has 126 valence electrons. The summed E-state index contributed by atoms with van der Waals surface area (Å²) >= 11 is 0. The van der Waals surface area contributed by atoms with Crippen molar-refractivity contribution in [3.8, 4) is 0 Å². The van der Waals surface area contributed by atoms with Crippen molar-refractivity contribution in [1.29, 1.82) is 0 Å². The zero-order chi connectivity index (χ0) is 17.2. The molecular weight excluding hydrogens is 300 g/mol. The number of ether oxygens (including phenoxy) is 2. The van der Waals surface area contributed by atoms with Gasteiger partial charge in [0.25, 0.3) is 0 Å². The van der Waals surface area contributed by atoms with Gasteiger partial charge in [0.05, 0.1) is 13.2 Å². The number of rotatable bonds is 8. The Hall–Kier alpha value is -2.57. The van der Waals surface area contributed by atoms with E-state index >= 15 is 0 Å². The van der Waals surface area contributed by atoms with Gasteiger partial charge in [-0.2, -0.15) is 0 Å². The second-order valence-corrected chi connectivity index (χ2v) is 4.75. The summed E-state index contributed by atoms with van der Waals surface area (Å²) in [7, 11) is 0. The van der Waals surface area contributed by atoms with Gasteiger partial charge in [0.1, 0.15) is 0 Å². The molecule has 0 heterocycles. The average molecular weight is 322 g/mol. The summed E-state index contributed by atoms with van der Waals surface area (Å²) in [4.78, 5) is 35.5. The number of carbonyl (C=O) groups is 3. The van der Waals surface area contributed by atoms with Crippen LogP contribution in [0.5, 0.6) is 0 Å². The van der Waals surface area contributed by atoms with Crippen LogP contribution in [0.4, 0.5) is 5.69 Å². The van der Waals surface area contributed by atoms with Crippen molar-refractivity contribution >= 4 is 23.5 Å². The monoisotopic (exact) mass is 322 g/mol. The Balaban J connectivity index is 2.61. The van der Waals surface area contributed by atoms with Crippen LogP contribution in [-0.2, 0) is 30.3 Å². The van der Waals surface area contributed by atoms with E-state index in [1.54, 1.807) is 32.0 Å². The zero-order valence-electron chi connectivity index (χ0n) is 13.3. The number of nitrogen functional groups attached to an aromatic ring is 1. The first-order valence-electron chi connectivity index (χ1n) is 7.45. The minimum Gasteiger partial charge on any atom is -0.464 e. The third-order valence-electron chi connectivity index (χ3n) is 2.94. The van der Waals surface area contributed by atoms with Crippen LogP contribution in [0.2, 0.25) is 0 Å². The third-order valence-corrected chi connectivity index (χ3v) is 2.94. The van der Waals surface area contributed by atoms with Gasteiger partial charge in [-0.3, -0.25) is 4.79 Å². The number of hydrogen-bond donors (Lipinski definition) is 2. The Morgan fingerprint density at radius 2 is 1.74 bits per heavy atom. The molecule has 23 heavy (non-hydrogen) atoms. The molecule has 0 aromatic heterocycles. The fraction of sp³-hybridized carbons (Fsp3) is 0.438. The maximum atomic E-state index is 12.0. The average Bonchev–Trinajstić information content (AvgIpc) is 2.51. The Morgan fingerprint density at radius 1 is 1.13 bits per heavy atom. The molecule has 0 saturated carbocycles. The van der Waals surface area contributed by atoms with Crippen molar-refractivity contribution in [3.05, 3.63) is 29.8 Å². The SMILES string of the molecule is CCOC(=O)C(NC(=O)CCc1cccc(N)c1)C(=O)OCC. The zero-order valence-corrected chi connectivity index (χ0v) is 13.3. The highest BCUT2D eigenvalue weighted by molar-refractivity contribution is 6.02. The molecule has 0 spiro atoms. The molecule has 1 aromatic carbocycles. The van der Waals surface area contributed by atoms with Gasteiger partial charge in [-0.05, 0) is 38.0 Å². The van der Waals surface area contributed by atoms with Gasteiger partial charge in [0.15, 0.2) is 0 Å². The first kappa shape index (κ1) is 18.5. The fourth-order valence-electron chi connectivity index (χ4n) is 1.90. The highest BCUT2D eigenvalue weighted by Crippen LogP contribution is 2.08. The van der Waals surface area contributed by atoms with E-state index in [0.29, 0.717) is 12.1 Å². The predicted molar refractivity (Wildman–Crippen MR) is 84.4 cm³/mol. The van der Waals surface area contributed by atoms with Crippen LogP contribution in [0.3, 0.4) is 0 Å². The topological polar surface area (TPSA) is 108 Å². The van der Waals surface area contributed by atoms with Gasteiger partial charge in [-0.1, -0.05) is 12.1 Å². The Bertz CT molecular complexity index is 541. The minimum atomic E-state index is -1.44. The second-order valence-electron chi connectivity index (χ2n) is 4.75. The van der Waals surface area contributed by atoms with E-state index in [9.17, 15) is 14.4 Å². The molecule has 0 fully saturated rings. The molecule has 0 aliphatic rings. The number of nitrogens with two attached hydrogens (primary N) is 1. The molecule has 0 saturated heterocycles. The van der Waals surface area contributed by atoms with Crippen molar-refractivity contribution in [3.63, 3.8) is 0 Å². The summed E-state index contributed by atoms with van der Waals surface area (Å²) in [6.45, 7) is 3.44. The molecule has 7 heteroatoms. The number of anilines is 1. The van der Waals surface area contributed by atoms with Crippen LogP contribution in [0, 0.1) is 0 Å². The van der Waals surface area contributed by atoms with E-state index < -0.39 is 23.9 Å². The Kier molecular flexibility index (Phi) is 7.59. The maximum absolute atomic E-state index is 12.0. The molecule has 0 atom stereocenters. The maximum Gasteiger partial charge on any atom is 0.340 e. The first-order valence-corrected chi connectivity index (χ1v) is 7.45. The quantitative estimate of drug-likeness (QED) is 0.417. The van der Waals surface area contributed by atoms with Gasteiger partial charge in [0, 0.05) is 12.1 Å². The van der Waals surface area contributed by atoms with Gasteiger partial charge in [0.2, 0.25) is 11.9 Å².